The summed E-state index contributed by atoms with van der Waals surface area (Å²) in [5, 5.41) is 18.5. The second-order valence-corrected chi connectivity index (χ2v) is 7.90. The van der Waals surface area contributed by atoms with Gasteiger partial charge in [0.2, 0.25) is 11.0 Å². The Kier molecular flexibility index (Phi) is 6.40. The highest BCUT2D eigenvalue weighted by Gasteiger charge is 2.21. The van der Waals surface area contributed by atoms with Crippen molar-refractivity contribution in [2.75, 3.05) is 17.2 Å². The molecule has 0 fully saturated rings. The van der Waals surface area contributed by atoms with Gasteiger partial charge in [0.05, 0.1) is 5.25 Å². The van der Waals surface area contributed by atoms with Gasteiger partial charge in [-0.05, 0) is 19.3 Å². The van der Waals surface area contributed by atoms with Gasteiger partial charge in [-0.2, -0.15) is 0 Å². The average Bonchev–Trinajstić information content (AvgIpc) is 3.11. The number of amides is 1. The molecule has 2 heterocycles. The molecule has 0 aromatic carbocycles. The Morgan fingerprint density at radius 1 is 1.43 bits per heavy atom. The molecule has 126 valence electrons. The van der Waals surface area contributed by atoms with E-state index in [9.17, 15) is 4.79 Å². The van der Waals surface area contributed by atoms with Crippen molar-refractivity contribution in [1.82, 2.24) is 15.4 Å². The van der Waals surface area contributed by atoms with Gasteiger partial charge < -0.3 is 15.2 Å². The molecule has 2 aromatic rings. The molecule has 1 atom stereocenters. The summed E-state index contributed by atoms with van der Waals surface area (Å²) in [4.78, 5) is 12.3. The first-order valence-corrected chi connectivity index (χ1v) is 9.15. The number of anilines is 2. The summed E-state index contributed by atoms with van der Waals surface area (Å²) in [6.45, 7) is 8.86. The van der Waals surface area contributed by atoms with Gasteiger partial charge in [-0.25, -0.2) is 0 Å². The van der Waals surface area contributed by atoms with E-state index in [0.717, 1.165) is 16.0 Å². The number of hydrogen-bond donors (Lipinski definition) is 2. The molecular formula is C14H21N5O2S2. The van der Waals surface area contributed by atoms with Crippen LogP contribution in [0.2, 0.25) is 0 Å². The average molecular weight is 355 g/mol. The molecule has 0 radical (unpaired) electrons. The lowest BCUT2D eigenvalue weighted by Crippen LogP contribution is -2.24. The highest BCUT2D eigenvalue weighted by Crippen LogP contribution is 2.31. The van der Waals surface area contributed by atoms with Crippen LogP contribution in [0, 0.1) is 12.8 Å². The van der Waals surface area contributed by atoms with Crippen LogP contribution in [0.25, 0.3) is 0 Å². The van der Waals surface area contributed by atoms with Gasteiger partial charge >= 0.3 is 0 Å². The normalized spacial score (nSPS) is 12.4. The van der Waals surface area contributed by atoms with Crippen molar-refractivity contribution >= 4 is 40.0 Å². The molecule has 0 spiro atoms. The van der Waals surface area contributed by atoms with E-state index in [4.69, 9.17) is 4.52 Å². The van der Waals surface area contributed by atoms with Crippen LogP contribution in [0.15, 0.2) is 14.9 Å². The zero-order valence-corrected chi connectivity index (χ0v) is 15.3. The van der Waals surface area contributed by atoms with Crippen molar-refractivity contribution in [3.8, 4) is 0 Å². The summed E-state index contributed by atoms with van der Waals surface area (Å²) in [7, 11) is 0. The largest absolute Gasteiger partial charge is 0.360 e. The van der Waals surface area contributed by atoms with Gasteiger partial charge in [0, 0.05) is 12.6 Å². The van der Waals surface area contributed by atoms with E-state index < -0.39 is 0 Å². The minimum atomic E-state index is -0.252. The molecule has 2 rings (SSSR count). The number of carbonyl (C=O) groups excluding carboxylic acids is 1. The fourth-order valence-corrected chi connectivity index (χ4v) is 3.62. The molecule has 0 saturated heterocycles. The maximum Gasteiger partial charge on any atom is 0.239 e. The van der Waals surface area contributed by atoms with Crippen LogP contribution in [0.5, 0.6) is 0 Å². The smallest absolute Gasteiger partial charge is 0.239 e. The fraction of sp³-hybridized carbons (Fsp3) is 0.571. The molecule has 7 nitrogen and oxygen atoms in total. The number of hydrogen-bond acceptors (Lipinski definition) is 8. The maximum absolute atomic E-state index is 12.3. The molecule has 0 aliphatic rings. The number of nitrogens with zero attached hydrogens (tertiary/aromatic N) is 3. The Bertz CT molecular complexity index is 641. The Hall–Kier alpha value is -1.61. The first-order chi connectivity index (χ1) is 11.0. The predicted octanol–water partition coefficient (Wildman–Crippen LogP) is 3.41. The third-order valence-corrected chi connectivity index (χ3v) is 5.18. The van der Waals surface area contributed by atoms with Crippen molar-refractivity contribution in [1.29, 1.82) is 0 Å². The molecule has 2 N–H and O–H groups in total. The van der Waals surface area contributed by atoms with Gasteiger partial charge in [-0.15, -0.1) is 10.2 Å². The molecular weight excluding hydrogens is 334 g/mol. The predicted molar refractivity (Wildman–Crippen MR) is 93.0 cm³/mol. The van der Waals surface area contributed by atoms with Gasteiger partial charge in [0.1, 0.15) is 5.76 Å². The first-order valence-electron chi connectivity index (χ1n) is 7.46. The van der Waals surface area contributed by atoms with Crippen LogP contribution < -0.4 is 10.6 Å². The van der Waals surface area contributed by atoms with Gasteiger partial charge in [0.15, 0.2) is 10.2 Å². The third kappa shape index (κ3) is 5.51. The van der Waals surface area contributed by atoms with Gasteiger partial charge in [-0.1, -0.05) is 49.0 Å². The number of nitrogens with one attached hydrogen (secondary N) is 2. The van der Waals surface area contributed by atoms with Crippen LogP contribution in [-0.2, 0) is 4.79 Å². The van der Waals surface area contributed by atoms with E-state index in [0.29, 0.717) is 23.9 Å². The quantitative estimate of drug-likeness (QED) is 0.701. The zero-order chi connectivity index (χ0) is 16.8. The van der Waals surface area contributed by atoms with E-state index in [1.165, 1.54) is 23.1 Å². The Labute approximate surface area is 143 Å². The first kappa shape index (κ1) is 17.7. The lowest BCUT2D eigenvalue weighted by Gasteiger charge is -2.11. The summed E-state index contributed by atoms with van der Waals surface area (Å²) >= 11 is 2.87. The van der Waals surface area contributed by atoms with Crippen LogP contribution in [-0.4, -0.2) is 33.1 Å². The summed E-state index contributed by atoms with van der Waals surface area (Å²) in [6, 6.07) is 1.69. The number of thioether (sulfide) groups is 1. The summed E-state index contributed by atoms with van der Waals surface area (Å²) in [5.74, 6) is 1.52. The molecule has 1 amide bonds. The monoisotopic (exact) mass is 355 g/mol. The fourth-order valence-electron chi connectivity index (χ4n) is 1.70. The van der Waals surface area contributed by atoms with Crippen molar-refractivity contribution in [2.24, 2.45) is 5.92 Å². The van der Waals surface area contributed by atoms with Crippen molar-refractivity contribution in [3.63, 3.8) is 0 Å². The molecule has 9 heteroatoms. The van der Waals surface area contributed by atoms with E-state index in [2.05, 4.69) is 39.8 Å². The maximum atomic E-state index is 12.3. The molecule has 0 saturated carbocycles. The molecule has 2 aromatic heterocycles. The second kappa shape index (κ2) is 8.30. The topological polar surface area (TPSA) is 92.9 Å². The van der Waals surface area contributed by atoms with Gasteiger partial charge in [-0.3, -0.25) is 4.79 Å². The van der Waals surface area contributed by atoms with Crippen molar-refractivity contribution in [3.05, 3.63) is 11.8 Å². The van der Waals surface area contributed by atoms with Crippen LogP contribution in [0.3, 0.4) is 0 Å². The van der Waals surface area contributed by atoms with Crippen molar-refractivity contribution in [2.45, 2.75) is 43.7 Å². The Morgan fingerprint density at radius 2 is 2.22 bits per heavy atom. The minimum Gasteiger partial charge on any atom is -0.360 e. The number of aryl methyl sites for hydroxylation is 1. The summed E-state index contributed by atoms with van der Waals surface area (Å²) in [5.41, 5.74) is 0. The second-order valence-electron chi connectivity index (χ2n) is 5.47. The Morgan fingerprint density at radius 3 is 2.83 bits per heavy atom. The molecule has 0 bridgehead atoms. The highest BCUT2D eigenvalue weighted by molar-refractivity contribution is 8.02. The number of rotatable bonds is 8. The third-order valence-electron chi connectivity index (χ3n) is 2.85. The van der Waals surface area contributed by atoms with E-state index >= 15 is 0 Å². The van der Waals surface area contributed by atoms with Crippen LogP contribution in [0.4, 0.5) is 10.9 Å². The molecule has 0 aliphatic carbocycles. The van der Waals surface area contributed by atoms with E-state index in [1.807, 2.05) is 6.92 Å². The summed E-state index contributed by atoms with van der Waals surface area (Å²) in [6.07, 6.45) is 0.682. The highest BCUT2D eigenvalue weighted by atomic mass is 32.2. The lowest BCUT2D eigenvalue weighted by atomic mass is 10.2. The number of carbonyl (C=O) groups is 1. The zero-order valence-electron chi connectivity index (χ0n) is 13.6. The minimum absolute atomic E-state index is 0.113. The van der Waals surface area contributed by atoms with Crippen LogP contribution in [0.1, 0.15) is 33.0 Å². The summed E-state index contributed by atoms with van der Waals surface area (Å²) < 4.78 is 5.72. The van der Waals surface area contributed by atoms with Crippen molar-refractivity contribution < 1.29 is 9.32 Å². The Balaban J connectivity index is 1.92. The molecule has 23 heavy (non-hydrogen) atoms. The molecule has 1 unspecified atom stereocenters. The van der Waals surface area contributed by atoms with Gasteiger partial charge in [0.25, 0.3) is 0 Å². The lowest BCUT2D eigenvalue weighted by molar-refractivity contribution is -0.115. The number of aromatic nitrogens is 3. The SMILES string of the molecule is CCC(Sc1nnc(NCC(C)C)s1)C(=O)Nc1cc(C)on1. The standard InChI is InChI=1S/C14H21N5O2S2/c1-5-10(12(20)16-11-6-9(4)21-19-11)22-14-18-17-13(23-14)15-7-8(2)3/h6,8,10H,5,7H2,1-4H3,(H,15,17)(H,16,19,20). The van der Waals surface area contributed by atoms with E-state index in [-0.39, 0.29) is 11.2 Å². The molecule has 0 aliphatic heterocycles. The van der Waals surface area contributed by atoms with E-state index in [1.54, 1.807) is 13.0 Å². The van der Waals surface area contributed by atoms with Crippen LogP contribution >= 0.6 is 23.1 Å².